The molecule has 0 aliphatic heterocycles. The summed E-state index contributed by atoms with van der Waals surface area (Å²) >= 11 is 0. The van der Waals surface area contributed by atoms with Gasteiger partial charge in [-0.25, -0.2) is 0 Å². The van der Waals surface area contributed by atoms with Gasteiger partial charge in [0.25, 0.3) is 5.56 Å². The van der Waals surface area contributed by atoms with Gasteiger partial charge in [-0.1, -0.05) is 40.7 Å². The normalized spacial score (nSPS) is 19.4. The van der Waals surface area contributed by atoms with Crippen LogP contribution in [0.2, 0.25) is 0 Å². The SMILES string of the molecule is Cc1cc2oc(-c3cc4c(cc3C)C(C)(C)[C@H](C)CC4(C)C)c(CC(=O)O)c2c(=O)[nH]1. The molecule has 5 nitrogen and oxygen atoms in total. The highest BCUT2D eigenvalue weighted by atomic mass is 16.4. The summed E-state index contributed by atoms with van der Waals surface area (Å²) in [6, 6.07) is 6.16. The molecule has 0 fully saturated rings. The van der Waals surface area contributed by atoms with Crippen molar-refractivity contribution in [2.45, 2.75) is 72.1 Å². The summed E-state index contributed by atoms with van der Waals surface area (Å²) in [5, 5.41) is 9.88. The highest BCUT2D eigenvalue weighted by Gasteiger charge is 2.42. The van der Waals surface area contributed by atoms with E-state index in [4.69, 9.17) is 4.42 Å². The van der Waals surface area contributed by atoms with Crippen molar-refractivity contribution in [3.8, 4) is 11.3 Å². The Morgan fingerprint density at radius 1 is 1.16 bits per heavy atom. The maximum absolute atomic E-state index is 12.7. The van der Waals surface area contributed by atoms with E-state index in [1.54, 1.807) is 13.0 Å². The molecule has 2 heterocycles. The number of aryl methyl sites for hydroxylation is 2. The van der Waals surface area contributed by atoms with E-state index in [9.17, 15) is 14.7 Å². The van der Waals surface area contributed by atoms with Crippen molar-refractivity contribution < 1.29 is 14.3 Å². The Morgan fingerprint density at radius 3 is 2.48 bits per heavy atom. The Kier molecular flexibility index (Phi) is 4.73. The number of rotatable bonds is 3. The molecule has 1 aliphatic rings. The number of carboxylic acid groups (broad SMARTS) is 1. The Labute approximate surface area is 182 Å². The van der Waals surface area contributed by atoms with Gasteiger partial charge in [-0.15, -0.1) is 0 Å². The number of nitrogens with one attached hydrogen (secondary N) is 1. The fourth-order valence-electron chi connectivity index (χ4n) is 5.29. The topological polar surface area (TPSA) is 83.3 Å². The molecular weight excluding hydrogens is 390 g/mol. The highest BCUT2D eigenvalue weighted by Crippen LogP contribution is 2.51. The van der Waals surface area contributed by atoms with Crippen LogP contribution in [0.15, 0.2) is 27.4 Å². The van der Waals surface area contributed by atoms with Crippen molar-refractivity contribution in [3.63, 3.8) is 0 Å². The highest BCUT2D eigenvalue weighted by molar-refractivity contribution is 5.91. The van der Waals surface area contributed by atoms with Crippen molar-refractivity contribution in [2.24, 2.45) is 5.92 Å². The Hall–Kier alpha value is -2.82. The van der Waals surface area contributed by atoms with Crippen molar-refractivity contribution >= 4 is 16.9 Å². The average molecular weight is 422 g/mol. The summed E-state index contributed by atoms with van der Waals surface area (Å²) < 4.78 is 6.18. The number of hydrogen-bond donors (Lipinski definition) is 2. The number of aromatic amines is 1. The standard InChI is InChI=1S/C26H31NO4/c1-13-8-19-18(25(4,5)12-14(2)26(19,6)7)10-16(13)23-17(11-21(28)29)22-20(31-23)9-15(3)27-24(22)30/h8-10,14H,11-12H2,1-7H3,(H,27,30)(H,28,29)/t14-/m1/s1. The average Bonchev–Trinajstić information content (AvgIpc) is 2.97. The summed E-state index contributed by atoms with van der Waals surface area (Å²) in [5.41, 5.74) is 5.75. The summed E-state index contributed by atoms with van der Waals surface area (Å²) in [6.07, 6.45) is 0.799. The van der Waals surface area contributed by atoms with Crippen LogP contribution in [-0.2, 0) is 22.0 Å². The van der Waals surface area contributed by atoms with E-state index < -0.39 is 5.97 Å². The van der Waals surface area contributed by atoms with Gasteiger partial charge in [-0.3, -0.25) is 9.59 Å². The third-order valence-corrected chi connectivity index (χ3v) is 7.33. The zero-order chi connectivity index (χ0) is 22.9. The zero-order valence-electron chi connectivity index (χ0n) is 19.4. The Bertz CT molecular complexity index is 1270. The second-order valence-corrected chi connectivity index (χ2v) is 10.4. The molecule has 0 saturated heterocycles. The molecule has 1 aliphatic carbocycles. The maximum atomic E-state index is 12.7. The summed E-state index contributed by atoms with van der Waals surface area (Å²) in [4.78, 5) is 27.1. The number of benzene rings is 1. The van der Waals surface area contributed by atoms with Crippen molar-refractivity contribution in [3.05, 3.63) is 56.5 Å². The van der Waals surface area contributed by atoms with E-state index in [0.717, 1.165) is 17.5 Å². The van der Waals surface area contributed by atoms with Gasteiger partial charge in [0, 0.05) is 22.9 Å². The number of aliphatic carboxylic acids is 1. The lowest BCUT2D eigenvalue weighted by molar-refractivity contribution is -0.136. The zero-order valence-corrected chi connectivity index (χ0v) is 19.4. The molecule has 2 N–H and O–H groups in total. The predicted molar refractivity (Wildman–Crippen MR) is 123 cm³/mol. The molecule has 0 spiro atoms. The molecule has 0 amide bonds. The molecule has 0 radical (unpaired) electrons. The number of aromatic nitrogens is 1. The van der Waals surface area contributed by atoms with Crippen molar-refractivity contribution in [2.75, 3.05) is 0 Å². The minimum atomic E-state index is -0.991. The second-order valence-electron chi connectivity index (χ2n) is 10.4. The smallest absolute Gasteiger partial charge is 0.307 e. The quantitative estimate of drug-likeness (QED) is 0.574. The molecule has 31 heavy (non-hydrogen) atoms. The second kappa shape index (κ2) is 6.84. The number of hydrogen-bond acceptors (Lipinski definition) is 3. The molecule has 1 atom stereocenters. The fraction of sp³-hybridized carbons (Fsp3) is 0.462. The largest absolute Gasteiger partial charge is 0.481 e. The number of furan rings is 1. The third-order valence-electron chi connectivity index (χ3n) is 7.33. The van der Waals surface area contributed by atoms with Gasteiger partial charge in [0.2, 0.25) is 0 Å². The summed E-state index contributed by atoms with van der Waals surface area (Å²) in [5.74, 6) is 0.0337. The monoisotopic (exact) mass is 421 g/mol. The van der Waals surface area contributed by atoms with E-state index in [1.807, 2.05) is 6.92 Å². The van der Waals surface area contributed by atoms with Crippen LogP contribution in [0.25, 0.3) is 22.3 Å². The molecule has 5 heteroatoms. The first-order chi connectivity index (χ1) is 14.3. The molecule has 2 aromatic heterocycles. The molecule has 1 aromatic carbocycles. The van der Waals surface area contributed by atoms with Gasteiger partial charge in [-0.05, 0) is 59.8 Å². The lowest BCUT2D eigenvalue weighted by atomic mass is 9.58. The Balaban J connectivity index is 2.05. The number of carbonyl (C=O) groups is 1. The van der Waals surface area contributed by atoms with Gasteiger partial charge in [0.05, 0.1) is 11.8 Å². The van der Waals surface area contributed by atoms with E-state index in [2.05, 4.69) is 51.7 Å². The lowest BCUT2D eigenvalue weighted by Crippen LogP contribution is -2.40. The minimum Gasteiger partial charge on any atom is -0.481 e. The number of carboxylic acids is 1. The van der Waals surface area contributed by atoms with Gasteiger partial charge >= 0.3 is 5.97 Å². The van der Waals surface area contributed by atoms with Crippen LogP contribution in [0.5, 0.6) is 0 Å². The van der Waals surface area contributed by atoms with Crippen LogP contribution in [0.3, 0.4) is 0 Å². The minimum absolute atomic E-state index is 0.0141. The molecule has 0 unspecified atom stereocenters. The lowest BCUT2D eigenvalue weighted by Gasteiger charge is -2.47. The first-order valence-electron chi connectivity index (χ1n) is 10.9. The summed E-state index contributed by atoms with van der Waals surface area (Å²) in [6.45, 7) is 15.3. The van der Waals surface area contributed by atoms with E-state index in [-0.39, 0.29) is 22.8 Å². The van der Waals surface area contributed by atoms with Gasteiger partial charge < -0.3 is 14.5 Å². The molecule has 3 aromatic rings. The molecular formula is C26H31NO4. The first kappa shape index (κ1) is 21.4. The van der Waals surface area contributed by atoms with Crippen molar-refractivity contribution in [1.82, 2.24) is 4.98 Å². The van der Waals surface area contributed by atoms with Gasteiger partial charge in [0.1, 0.15) is 11.3 Å². The molecule has 164 valence electrons. The number of H-pyrrole nitrogens is 1. The molecule has 4 rings (SSSR count). The van der Waals surface area contributed by atoms with E-state index >= 15 is 0 Å². The van der Waals surface area contributed by atoms with Gasteiger partial charge in [-0.2, -0.15) is 0 Å². The van der Waals surface area contributed by atoms with Crippen LogP contribution in [0.1, 0.15) is 69.0 Å². The van der Waals surface area contributed by atoms with Crippen molar-refractivity contribution in [1.29, 1.82) is 0 Å². The molecule has 0 saturated carbocycles. The fourth-order valence-corrected chi connectivity index (χ4v) is 5.29. The van der Waals surface area contributed by atoms with Crippen LogP contribution in [0.4, 0.5) is 0 Å². The van der Waals surface area contributed by atoms with Crippen LogP contribution < -0.4 is 5.56 Å². The Morgan fingerprint density at radius 2 is 1.84 bits per heavy atom. The maximum Gasteiger partial charge on any atom is 0.307 e. The first-order valence-corrected chi connectivity index (χ1v) is 10.9. The van der Waals surface area contributed by atoms with Crippen LogP contribution in [-0.4, -0.2) is 16.1 Å². The van der Waals surface area contributed by atoms with E-state index in [1.165, 1.54) is 11.1 Å². The van der Waals surface area contributed by atoms with E-state index in [0.29, 0.717) is 33.9 Å². The predicted octanol–water partition coefficient (Wildman–Crippen LogP) is 5.63. The molecule has 0 bridgehead atoms. The van der Waals surface area contributed by atoms with Crippen LogP contribution >= 0.6 is 0 Å². The van der Waals surface area contributed by atoms with Gasteiger partial charge in [0.15, 0.2) is 0 Å². The summed E-state index contributed by atoms with van der Waals surface area (Å²) in [7, 11) is 0. The number of fused-ring (bicyclic) bond motifs is 2. The van der Waals surface area contributed by atoms with Crippen LogP contribution in [0, 0.1) is 19.8 Å². The number of pyridine rings is 1. The third kappa shape index (κ3) is 3.31.